The Morgan fingerprint density at radius 2 is 1.80 bits per heavy atom. The van der Waals surface area contributed by atoms with Crippen LogP contribution in [-0.4, -0.2) is 46.9 Å². The predicted molar refractivity (Wildman–Crippen MR) is 68.9 cm³/mol. The van der Waals surface area contributed by atoms with Crippen LogP contribution in [0.25, 0.3) is 0 Å². The van der Waals surface area contributed by atoms with Gasteiger partial charge in [-0.05, 0) is 33.6 Å². The third-order valence-corrected chi connectivity index (χ3v) is 3.15. The molecular weight excluding hydrogens is 266 g/mol. The van der Waals surface area contributed by atoms with Gasteiger partial charge in [-0.25, -0.2) is 4.79 Å². The van der Waals surface area contributed by atoms with Crippen LogP contribution in [0.5, 0.6) is 0 Å². The number of rotatable bonds is 5. The number of nitrogens with zero attached hydrogens (tertiary/aromatic N) is 1. The second kappa shape index (κ2) is 6.58. The average molecular weight is 287 g/mol. The van der Waals surface area contributed by atoms with Crippen molar-refractivity contribution in [1.82, 2.24) is 4.90 Å². The maximum absolute atomic E-state index is 11.8. The van der Waals surface area contributed by atoms with Gasteiger partial charge in [0, 0.05) is 5.54 Å². The van der Waals surface area contributed by atoms with Gasteiger partial charge in [-0.1, -0.05) is 6.42 Å². The summed E-state index contributed by atoms with van der Waals surface area (Å²) in [5.74, 6) is -1.60. The fourth-order valence-electron chi connectivity index (χ4n) is 1.69. The van der Waals surface area contributed by atoms with Gasteiger partial charge in [0.15, 0.2) is 0 Å². The summed E-state index contributed by atoms with van der Waals surface area (Å²) in [6.45, 7) is 4.12. The van der Waals surface area contributed by atoms with Crippen molar-refractivity contribution in [3.05, 3.63) is 0 Å². The first-order valence-corrected chi connectivity index (χ1v) is 6.54. The number of hydrogen-bond donors (Lipinski definition) is 1. The first-order chi connectivity index (χ1) is 9.21. The number of aliphatic carboxylic acids is 1. The Kier molecular flexibility index (Phi) is 5.35. The highest BCUT2D eigenvalue weighted by Crippen LogP contribution is 2.27. The zero-order valence-corrected chi connectivity index (χ0v) is 12.0. The van der Waals surface area contributed by atoms with E-state index in [1.165, 1.54) is 0 Å². The van der Waals surface area contributed by atoms with E-state index in [9.17, 15) is 14.4 Å². The highest BCUT2D eigenvalue weighted by Gasteiger charge is 2.31. The van der Waals surface area contributed by atoms with Crippen LogP contribution < -0.4 is 0 Å². The number of amides is 1. The van der Waals surface area contributed by atoms with Crippen LogP contribution in [0.4, 0.5) is 4.79 Å². The minimum Gasteiger partial charge on any atom is -0.480 e. The number of carbonyl (C=O) groups is 3. The number of carboxylic acids is 1. The lowest BCUT2D eigenvalue weighted by atomic mass is 9.86. The standard InChI is InChI=1S/C13H21NO6/c1-13(2,3)14(7-10(15)16)12(18)20-8-19-11(17)9-5-4-6-9/h9H,4-8H2,1-3H3,(H,15,16). The third-order valence-electron chi connectivity index (χ3n) is 3.15. The van der Waals surface area contributed by atoms with E-state index in [1.807, 2.05) is 0 Å². The molecule has 20 heavy (non-hydrogen) atoms. The molecule has 0 radical (unpaired) electrons. The van der Waals surface area contributed by atoms with Crippen LogP contribution in [0, 0.1) is 5.92 Å². The number of carbonyl (C=O) groups excluding carboxylic acids is 2. The lowest BCUT2D eigenvalue weighted by molar-refractivity contribution is -0.161. The molecule has 1 amide bonds. The Morgan fingerprint density at radius 1 is 1.20 bits per heavy atom. The van der Waals surface area contributed by atoms with E-state index in [0.717, 1.165) is 24.2 Å². The summed E-state index contributed by atoms with van der Waals surface area (Å²) in [7, 11) is 0. The Bertz CT molecular complexity index is 383. The number of esters is 1. The molecule has 0 aromatic heterocycles. The van der Waals surface area contributed by atoms with Crippen LogP contribution in [0.2, 0.25) is 0 Å². The second-order valence-corrected chi connectivity index (χ2v) is 5.77. The summed E-state index contributed by atoms with van der Waals surface area (Å²) < 4.78 is 9.63. The number of carboxylic acid groups (broad SMARTS) is 1. The van der Waals surface area contributed by atoms with Gasteiger partial charge in [-0.2, -0.15) is 0 Å². The van der Waals surface area contributed by atoms with Crippen molar-refractivity contribution in [2.45, 2.75) is 45.6 Å². The molecule has 0 spiro atoms. The first kappa shape index (κ1) is 16.3. The molecule has 1 N–H and O–H groups in total. The molecule has 7 nitrogen and oxygen atoms in total. The molecule has 0 aliphatic heterocycles. The molecule has 1 aliphatic carbocycles. The number of hydrogen-bond acceptors (Lipinski definition) is 5. The van der Waals surface area contributed by atoms with E-state index in [-0.39, 0.29) is 11.9 Å². The minimum absolute atomic E-state index is 0.0913. The van der Waals surface area contributed by atoms with E-state index in [1.54, 1.807) is 20.8 Å². The molecule has 7 heteroatoms. The summed E-state index contributed by atoms with van der Waals surface area (Å²) in [6, 6.07) is 0. The quantitative estimate of drug-likeness (QED) is 0.610. The van der Waals surface area contributed by atoms with Crippen molar-refractivity contribution < 1.29 is 29.0 Å². The Hall–Kier alpha value is -1.79. The monoisotopic (exact) mass is 287 g/mol. The van der Waals surface area contributed by atoms with Crippen molar-refractivity contribution in [1.29, 1.82) is 0 Å². The average Bonchev–Trinajstić information content (AvgIpc) is 2.21. The molecular formula is C13H21NO6. The predicted octanol–water partition coefficient (Wildman–Crippen LogP) is 1.61. The van der Waals surface area contributed by atoms with E-state index < -0.39 is 30.9 Å². The maximum Gasteiger partial charge on any atom is 0.413 e. The van der Waals surface area contributed by atoms with E-state index in [4.69, 9.17) is 14.6 Å². The SMILES string of the molecule is CC(C)(C)N(CC(=O)O)C(=O)OCOC(=O)C1CCC1. The van der Waals surface area contributed by atoms with E-state index >= 15 is 0 Å². The molecule has 114 valence electrons. The van der Waals surface area contributed by atoms with Crippen molar-refractivity contribution in [2.75, 3.05) is 13.3 Å². The lowest BCUT2D eigenvalue weighted by Crippen LogP contribution is -2.48. The van der Waals surface area contributed by atoms with Gasteiger partial charge in [0.05, 0.1) is 5.92 Å². The molecule has 1 fully saturated rings. The summed E-state index contributed by atoms with van der Waals surface area (Å²) in [6.07, 6.45) is 1.80. The molecule has 0 aromatic carbocycles. The van der Waals surface area contributed by atoms with Gasteiger partial charge in [-0.15, -0.1) is 0 Å². The Balaban J connectivity index is 2.41. The second-order valence-electron chi connectivity index (χ2n) is 5.77. The van der Waals surface area contributed by atoms with Crippen molar-refractivity contribution in [2.24, 2.45) is 5.92 Å². The van der Waals surface area contributed by atoms with Crippen molar-refractivity contribution >= 4 is 18.0 Å². The smallest absolute Gasteiger partial charge is 0.413 e. The molecule has 0 unspecified atom stereocenters. The van der Waals surface area contributed by atoms with Gasteiger partial charge in [0.2, 0.25) is 6.79 Å². The largest absolute Gasteiger partial charge is 0.480 e. The van der Waals surface area contributed by atoms with Crippen LogP contribution in [0.1, 0.15) is 40.0 Å². The van der Waals surface area contributed by atoms with E-state index in [2.05, 4.69) is 0 Å². The van der Waals surface area contributed by atoms with Crippen LogP contribution in [-0.2, 0) is 19.1 Å². The van der Waals surface area contributed by atoms with Crippen molar-refractivity contribution in [3.8, 4) is 0 Å². The van der Waals surface area contributed by atoms with Crippen LogP contribution >= 0.6 is 0 Å². The Morgan fingerprint density at radius 3 is 2.20 bits per heavy atom. The third kappa shape index (κ3) is 4.71. The van der Waals surface area contributed by atoms with Crippen molar-refractivity contribution in [3.63, 3.8) is 0 Å². The zero-order chi connectivity index (χ0) is 15.3. The summed E-state index contributed by atoms with van der Waals surface area (Å²) >= 11 is 0. The highest BCUT2D eigenvalue weighted by atomic mass is 16.7. The Labute approximate surface area is 117 Å². The van der Waals surface area contributed by atoms with Gasteiger partial charge < -0.3 is 14.6 Å². The van der Waals surface area contributed by atoms with Gasteiger partial charge in [-0.3, -0.25) is 14.5 Å². The molecule has 0 aromatic rings. The lowest BCUT2D eigenvalue weighted by Gasteiger charge is -2.33. The fraction of sp³-hybridized carbons (Fsp3) is 0.769. The molecule has 0 bridgehead atoms. The van der Waals surface area contributed by atoms with Crippen LogP contribution in [0.15, 0.2) is 0 Å². The minimum atomic E-state index is -1.14. The number of ether oxygens (including phenoxy) is 2. The summed E-state index contributed by atoms with van der Waals surface area (Å²) in [5, 5.41) is 8.79. The summed E-state index contributed by atoms with van der Waals surface area (Å²) in [5.41, 5.74) is -0.701. The zero-order valence-electron chi connectivity index (χ0n) is 12.0. The fourth-order valence-corrected chi connectivity index (χ4v) is 1.69. The molecule has 0 heterocycles. The summed E-state index contributed by atoms with van der Waals surface area (Å²) in [4.78, 5) is 35.0. The normalized spacial score (nSPS) is 15.2. The van der Waals surface area contributed by atoms with Crippen LogP contribution in [0.3, 0.4) is 0 Å². The van der Waals surface area contributed by atoms with Gasteiger partial charge >= 0.3 is 18.0 Å². The first-order valence-electron chi connectivity index (χ1n) is 6.54. The highest BCUT2D eigenvalue weighted by molar-refractivity contribution is 5.77. The topological polar surface area (TPSA) is 93.1 Å². The molecule has 1 saturated carbocycles. The molecule has 0 atom stereocenters. The van der Waals surface area contributed by atoms with E-state index in [0.29, 0.717) is 0 Å². The molecule has 0 saturated heterocycles. The van der Waals surface area contributed by atoms with Gasteiger partial charge in [0.25, 0.3) is 0 Å². The molecule has 1 rings (SSSR count). The van der Waals surface area contributed by atoms with Gasteiger partial charge in [0.1, 0.15) is 6.54 Å². The molecule has 1 aliphatic rings. The maximum atomic E-state index is 11.8.